The molecule has 0 aliphatic heterocycles. The van der Waals surface area contributed by atoms with Gasteiger partial charge in [-0.25, -0.2) is 4.98 Å². The molecule has 0 aromatic carbocycles. The molecule has 0 saturated carbocycles. The number of aromatic nitrogens is 1. The Bertz CT molecular complexity index is 326. The van der Waals surface area contributed by atoms with Gasteiger partial charge in [-0.3, -0.25) is 4.79 Å². The number of carbonyl (C=O) groups is 1. The Morgan fingerprint density at radius 2 is 2.36 bits per heavy atom. The first-order valence-corrected chi connectivity index (χ1v) is 5.57. The van der Waals surface area contributed by atoms with Crippen LogP contribution < -0.4 is 5.32 Å². The molecular weight excluding hydrogens is 291 g/mol. The number of pyridine rings is 1. The van der Waals surface area contributed by atoms with E-state index in [0.717, 1.165) is 3.57 Å². The van der Waals surface area contributed by atoms with Gasteiger partial charge in [-0.05, 0) is 40.6 Å². The molecule has 1 aromatic heterocycles. The van der Waals surface area contributed by atoms with Crippen molar-refractivity contribution in [2.45, 2.75) is 20.3 Å². The number of rotatable bonds is 3. The zero-order chi connectivity index (χ0) is 10.6. The molecule has 0 fully saturated rings. The lowest BCUT2D eigenvalue weighted by atomic mass is 10.1. The molecule has 0 bridgehead atoms. The molecule has 76 valence electrons. The fourth-order valence-electron chi connectivity index (χ4n) is 1.04. The van der Waals surface area contributed by atoms with Crippen molar-refractivity contribution < 1.29 is 4.79 Å². The maximum Gasteiger partial charge on any atom is 0.225 e. The van der Waals surface area contributed by atoms with Gasteiger partial charge in [0, 0.05) is 16.2 Å². The molecule has 0 spiro atoms. The van der Waals surface area contributed by atoms with Gasteiger partial charge in [0.15, 0.2) is 0 Å². The van der Waals surface area contributed by atoms with Crippen LogP contribution in [0.5, 0.6) is 0 Å². The zero-order valence-electron chi connectivity index (χ0n) is 8.25. The van der Waals surface area contributed by atoms with Gasteiger partial charge in [-0.2, -0.15) is 0 Å². The van der Waals surface area contributed by atoms with E-state index in [1.807, 2.05) is 26.0 Å². The molecule has 3 nitrogen and oxygen atoms in total. The Hall–Kier alpha value is -0.650. The second kappa shape index (κ2) is 5.29. The molecule has 1 aromatic rings. The van der Waals surface area contributed by atoms with Crippen LogP contribution in [0.4, 0.5) is 5.82 Å². The van der Waals surface area contributed by atoms with Crippen LogP contribution in [0.25, 0.3) is 0 Å². The van der Waals surface area contributed by atoms with Crippen molar-refractivity contribution in [3.05, 3.63) is 21.9 Å². The Labute approximate surface area is 97.4 Å². The number of amides is 1. The summed E-state index contributed by atoms with van der Waals surface area (Å²) in [5.74, 6) is 1.02. The molecule has 1 N–H and O–H groups in total. The van der Waals surface area contributed by atoms with E-state index in [1.54, 1.807) is 6.20 Å². The second-order valence-electron chi connectivity index (χ2n) is 3.51. The normalized spacial score (nSPS) is 10.3. The SMILES string of the molecule is CC(C)CC(=O)Nc1cc(I)ccn1. The quantitative estimate of drug-likeness (QED) is 0.872. The van der Waals surface area contributed by atoms with Gasteiger partial charge < -0.3 is 5.32 Å². The summed E-state index contributed by atoms with van der Waals surface area (Å²) in [4.78, 5) is 15.4. The highest BCUT2D eigenvalue weighted by atomic mass is 127. The highest BCUT2D eigenvalue weighted by Gasteiger charge is 2.05. The molecule has 0 atom stereocenters. The number of hydrogen-bond acceptors (Lipinski definition) is 2. The van der Waals surface area contributed by atoms with E-state index in [4.69, 9.17) is 0 Å². The van der Waals surface area contributed by atoms with Crippen molar-refractivity contribution in [3.8, 4) is 0 Å². The van der Waals surface area contributed by atoms with Crippen LogP contribution >= 0.6 is 22.6 Å². The number of carbonyl (C=O) groups excluding carboxylic acids is 1. The molecule has 1 rings (SSSR count). The number of nitrogens with zero attached hydrogens (tertiary/aromatic N) is 1. The van der Waals surface area contributed by atoms with Gasteiger partial charge >= 0.3 is 0 Å². The summed E-state index contributed by atoms with van der Waals surface area (Å²) in [5.41, 5.74) is 0. The van der Waals surface area contributed by atoms with Gasteiger partial charge in [-0.1, -0.05) is 13.8 Å². The number of nitrogens with one attached hydrogen (secondary N) is 1. The lowest BCUT2D eigenvalue weighted by molar-refractivity contribution is -0.116. The lowest BCUT2D eigenvalue weighted by Gasteiger charge is -2.06. The minimum atomic E-state index is 0.0227. The van der Waals surface area contributed by atoms with E-state index < -0.39 is 0 Å². The molecular formula is C10H13IN2O. The maximum atomic E-state index is 11.4. The Balaban J connectivity index is 2.56. The molecule has 1 heterocycles. The van der Waals surface area contributed by atoms with Crippen LogP contribution in [-0.4, -0.2) is 10.9 Å². The first-order chi connectivity index (χ1) is 6.58. The number of anilines is 1. The molecule has 4 heteroatoms. The third-order valence-electron chi connectivity index (χ3n) is 1.58. The second-order valence-corrected chi connectivity index (χ2v) is 4.75. The van der Waals surface area contributed by atoms with Crippen LogP contribution in [0.1, 0.15) is 20.3 Å². The molecule has 0 saturated heterocycles. The highest BCUT2D eigenvalue weighted by molar-refractivity contribution is 14.1. The predicted octanol–water partition coefficient (Wildman–Crippen LogP) is 2.67. The summed E-state index contributed by atoms with van der Waals surface area (Å²) in [6.45, 7) is 4.03. The monoisotopic (exact) mass is 304 g/mol. The van der Waals surface area contributed by atoms with Crippen molar-refractivity contribution in [1.82, 2.24) is 4.98 Å². The number of halogens is 1. The summed E-state index contributed by atoms with van der Waals surface area (Å²) < 4.78 is 1.07. The summed E-state index contributed by atoms with van der Waals surface area (Å²) in [6, 6.07) is 3.73. The van der Waals surface area contributed by atoms with Crippen molar-refractivity contribution in [3.63, 3.8) is 0 Å². The average Bonchev–Trinajstić information content (AvgIpc) is 2.01. The summed E-state index contributed by atoms with van der Waals surface area (Å²) in [7, 11) is 0. The lowest BCUT2D eigenvalue weighted by Crippen LogP contribution is -2.14. The van der Waals surface area contributed by atoms with E-state index in [2.05, 4.69) is 32.9 Å². The molecule has 14 heavy (non-hydrogen) atoms. The van der Waals surface area contributed by atoms with Gasteiger partial charge in [-0.15, -0.1) is 0 Å². The molecule has 0 aliphatic rings. The van der Waals surface area contributed by atoms with Gasteiger partial charge in [0.25, 0.3) is 0 Å². The summed E-state index contributed by atoms with van der Waals surface area (Å²) in [5, 5.41) is 2.76. The third kappa shape index (κ3) is 4.04. The standard InChI is InChI=1S/C10H13IN2O/c1-7(2)5-10(14)13-9-6-8(11)3-4-12-9/h3-4,6-7H,5H2,1-2H3,(H,12,13,14). The minimum Gasteiger partial charge on any atom is -0.311 e. The largest absolute Gasteiger partial charge is 0.311 e. The van der Waals surface area contributed by atoms with Crippen molar-refractivity contribution in [2.24, 2.45) is 5.92 Å². The van der Waals surface area contributed by atoms with Crippen LogP contribution in [0.3, 0.4) is 0 Å². The molecule has 0 radical (unpaired) electrons. The van der Waals surface area contributed by atoms with E-state index in [0.29, 0.717) is 18.2 Å². The van der Waals surface area contributed by atoms with Gasteiger partial charge in [0.1, 0.15) is 5.82 Å². The van der Waals surface area contributed by atoms with Crippen molar-refractivity contribution in [1.29, 1.82) is 0 Å². The topological polar surface area (TPSA) is 42.0 Å². The van der Waals surface area contributed by atoms with E-state index in [9.17, 15) is 4.79 Å². The predicted molar refractivity (Wildman–Crippen MR) is 65.0 cm³/mol. The minimum absolute atomic E-state index is 0.0227. The van der Waals surface area contributed by atoms with E-state index in [-0.39, 0.29) is 5.91 Å². The fraction of sp³-hybridized carbons (Fsp3) is 0.400. The fourth-order valence-corrected chi connectivity index (χ4v) is 1.49. The summed E-state index contributed by atoms with van der Waals surface area (Å²) in [6.07, 6.45) is 2.22. The highest BCUT2D eigenvalue weighted by Crippen LogP contribution is 2.10. The van der Waals surface area contributed by atoms with Gasteiger partial charge in [0.05, 0.1) is 0 Å². The number of hydrogen-bond donors (Lipinski definition) is 1. The van der Waals surface area contributed by atoms with Crippen LogP contribution in [0.15, 0.2) is 18.3 Å². The molecule has 0 aliphatic carbocycles. The van der Waals surface area contributed by atoms with E-state index >= 15 is 0 Å². The smallest absolute Gasteiger partial charge is 0.225 e. The third-order valence-corrected chi connectivity index (χ3v) is 2.25. The maximum absolute atomic E-state index is 11.4. The Morgan fingerprint density at radius 1 is 1.64 bits per heavy atom. The zero-order valence-corrected chi connectivity index (χ0v) is 10.4. The van der Waals surface area contributed by atoms with Crippen LogP contribution in [0.2, 0.25) is 0 Å². The first kappa shape index (κ1) is 11.4. The first-order valence-electron chi connectivity index (χ1n) is 4.49. The summed E-state index contributed by atoms with van der Waals surface area (Å²) >= 11 is 2.19. The van der Waals surface area contributed by atoms with Gasteiger partial charge in [0.2, 0.25) is 5.91 Å². The average molecular weight is 304 g/mol. The Morgan fingerprint density at radius 3 is 2.93 bits per heavy atom. The molecule has 0 unspecified atom stereocenters. The van der Waals surface area contributed by atoms with Crippen molar-refractivity contribution in [2.75, 3.05) is 5.32 Å². The Kier molecular flexibility index (Phi) is 4.31. The van der Waals surface area contributed by atoms with Crippen molar-refractivity contribution >= 4 is 34.3 Å². The molecule has 1 amide bonds. The van der Waals surface area contributed by atoms with E-state index in [1.165, 1.54) is 0 Å². The van der Waals surface area contributed by atoms with Crippen LogP contribution in [-0.2, 0) is 4.79 Å². The van der Waals surface area contributed by atoms with Crippen LogP contribution in [0, 0.1) is 9.49 Å².